The van der Waals surface area contributed by atoms with Gasteiger partial charge in [0.2, 0.25) is 5.28 Å². The van der Waals surface area contributed by atoms with Crippen molar-refractivity contribution in [2.75, 3.05) is 31.7 Å². The molecule has 0 aromatic carbocycles. The number of H-pyrrole nitrogens is 1. The first-order valence-corrected chi connectivity index (χ1v) is 5.29. The molecule has 1 aromatic rings. The average Bonchev–Trinajstić information content (AvgIpc) is 2.30. The summed E-state index contributed by atoms with van der Waals surface area (Å²) in [5.41, 5.74) is -0.0939. The summed E-state index contributed by atoms with van der Waals surface area (Å²) in [7, 11) is 0. The molecule has 1 rings (SSSR count). The van der Waals surface area contributed by atoms with E-state index < -0.39 is 5.56 Å². The lowest BCUT2D eigenvalue weighted by Gasteiger charge is -2.07. The minimum atomic E-state index is -0.439. The van der Waals surface area contributed by atoms with Crippen molar-refractivity contribution in [3.8, 4) is 0 Å². The largest absolute Gasteiger partial charge is 0.394 e. The Balaban J connectivity index is 2.64. The number of aliphatic hydroxyl groups is 1. The molecular weight excluding hydrogens is 248 g/mol. The standard InChI is InChI=1S/C9H13ClN4O3/c10-9-13-6(5-11)7(8(16)14-9)12-1-3-17-4-2-15/h5,11-12,15H,1-4H2,(H,13,14,16). The van der Waals surface area contributed by atoms with Gasteiger partial charge in [0.05, 0.1) is 19.8 Å². The Bertz CT molecular complexity index is 435. The molecule has 7 nitrogen and oxygen atoms in total. The van der Waals surface area contributed by atoms with Crippen LogP contribution < -0.4 is 10.9 Å². The summed E-state index contributed by atoms with van der Waals surface area (Å²) in [5, 5.41) is 18.3. The highest BCUT2D eigenvalue weighted by atomic mass is 35.5. The molecule has 0 spiro atoms. The number of nitrogens with one attached hydrogen (secondary N) is 3. The third kappa shape index (κ3) is 4.14. The number of hydrogen-bond donors (Lipinski definition) is 4. The Hall–Kier alpha value is -1.44. The van der Waals surface area contributed by atoms with Crippen LogP contribution in [0, 0.1) is 5.41 Å². The van der Waals surface area contributed by atoms with Crippen molar-refractivity contribution in [1.29, 1.82) is 5.41 Å². The van der Waals surface area contributed by atoms with Crippen LogP contribution in [0.3, 0.4) is 0 Å². The Morgan fingerprint density at radius 3 is 3.00 bits per heavy atom. The molecule has 0 saturated carbocycles. The van der Waals surface area contributed by atoms with Gasteiger partial charge < -0.3 is 20.6 Å². The first-order valence-electron chi connectivity index (χ1n) is 4.91. The molecule has 0 bridgehead atoms. The molecule has 0 saturated heterocycles. The van der Waals surface area contributed by atoms with Crippen LogP contribution in [0.2, 0.25) is 5.28 Å². The van der Waals surface area contributed by atoms with E-state index in [9.17, 15) is 4.79 Å². The highest BCUT2D eigenvalue weighted by Crippen LogP contribution is 2.06. The molecule has 1 heterocycles. The second-order valence-electron chi connectivity index (χ2n) is 3.02. The number of anilines is 1. The molecule has 0 fully saturated rings. The van der Waals surface area contributed by atoms with Crippen molar-refractivity contribution in [2.45, 2.75) is 0 Å². The van der Waals surface area contributed by atoms with Gasteiger partial charge in [-0.05, 0) is 11.6 Å². The summed E-state index contributed by atoms with van der Waals surface area (Å²) >= 11 is 5.55. The first kappa shape index (κ1) is 13.6. The summed E-state index contributed by atoms with van der Waals surface area (Å²) in [6.45, 7) is 0.899. The predicted octanol–water partition coefficient (Wildman–Crippen LogP) is -0.158. The number of rotatable bonds is 7. The monoisotopic (exact) mass is 260 g/mol. The Morgan fingerprint density at radius 1 is 1.59 bits per heavy atom. The van der Waals surface area contributed by atoms with Crippen molar-refractivity contribution in [3.05, 3.63) is 21.3 Å². The lowest BCUT2D eigenvalue weighted by Crippen LogP contribution is -2.21. The minimum Gasteiger partial charge on any atom is -0.394 e. The number of aromatic amines is 1. The van der Waals surface area contributed by atoms with Crippen LogP contribution in [0.25, 0.3) is 0 Å². The second-order valence-corrected chi connectivity index (χ2v) is 3.38. The fourth-order valence-electron chi connectivity index (χ4n) is 1.15. The molecule has 0 amide bonds. The Kier molecular flexibility index (Phi) is 5.61. The number of halogens is 1. The van der Waals surface area contributed by atoms with Crippen LogP contribution in [0.1, 0.15) is 5.69 Å². The summed E-state index contributed by atoms with van der Waals surface area (Å²) in [5.74, 6) is 0. The molecule has 0 aliphatic rings. The van der Waals surface area contributed by atoms with Gasteiger partial charge in [-0.15, -0.1) is 0 Å². The third-order valence-corrected chi connectivity index (χ3v) is 2.02. The van der Waals surface area contributed by atoms with Gasteiger partial charge in [-0.1, -0.05) is 0 Å². The van der Waals surface area contributed by atoms with Crippen LogP contribution in [0.4, 0.5) is 5.69 Å². The third-order valence-electron chi connectivity index (χ3n) is 1.84. The number of ether oxygens (including phenoxy) is 1. The quantitative estimate of drug-likeness (QED) is 0.309. The van der Waals surface area contributed by atoms with Gasteiger partial charge in [-0.2, -0.15) is 0 Å². The summed E-state index contributed by atoms with van der Waals surface area (Å²) in [6, 6.07) is 0. The predicted molar refractivity (Wildman–Crippen MR) is 64.1 cm³/mol. The molecule has 17 heavy (non-hydrogen) atoms. The van der Waals surface area contributed by atoms with Crippen molar-refractivity contribution < 1.29 is 9.84 Å². The summed E-state index contributed by atoms with van der Waals surface area (Å²) in [6.07, 6.45) is 0.942. The summed E-state index contributed by atoms with van der Waals surface area (Å²) < 4.78 is 5.01. The van der Waals surface area contributed by atoms with Crippen molar-refractivity contribution in [1.82, 2.24) is 9.97 Å². The van der Waals surface area contributed by atoms with Crippen LogP contribution in [0.15, 0.2) is 4.79 Å². The van der Waals surface area contributed by atoms with Crippen LogP contribution in [-0.2, 0) is 4.74 Å². The Morgan fingerprint density at radius 2 is 2.35 bits per heavy atom. The molecule has 0 atom stereocenters. The van der Waals surface area contributed by atoms with Crippen molar-refractivity contribution >= 4 is 23.5 Å². The van der Waals surface area contributed by atoms with E-state index in [1.165, 1.54) is 0 Å². The normalized spacial score (nSPS) is 10.2. The van der Waals surface area contributed by atoms with Gasteiger partial charge in [-0.3, -0.25) is 9.78 Å². The molecule has 0 aliphatic carbocycles. The van der Waals surface area contributed by atoms with E-state index in [-0.39, 0.29) is 29.9 Å². The smallest absolute Gasteiger partial charge is 0.275 e. The fraction of sp³-hybridized carbons (Fsp3) is 0.444. The fourth-order valence-corrected chi connectivity index (χ4v) is 1.33. The number of nitrogens with zero attached hydrogens (tertiary/aromatic N) is 1. The molecule has 0 unspecified atom stereocenters. The first-order chi connectivity index (χ1) is 8.19. The Labute approximate surface area is 102 Å². The van der Waals surface area contributed by atoms with Crippen LogP contribution in [0.5, 0.6) is 0 Å². The molecule has 8 heteroatoms. The zero-order chi connectivity index (χ0) is 12.7. The maximum Gasteiger partial charge on any atom is 0.275 e. The SMILES string of the molecule is N=Cc1nc(Cl)[nH]c(=O)c1NCCOCCO. The lowest BCUT2D eigenvalue weighted by molar-refractivity contribution is 0.0992. The van der Waals surface area contributed by atoms with Crippen LogP contribution >= 0.6 is 11.6 Å². The zero-order valence-electron chi connectivity index (χ0n) is 8.99. The van der Waals surface area contributed by atoms with E-state index in [1.54, 1.807) is 0 Å². The van der Waals surface area contributed by atoms with E-state index in [1.807, 2.05) is 0 Å². The maximum absolute atomic E-state index is 11.5. The second kappa shape index (κ2) is 7.00. The molecule has 94 valence electrons. The van der Waals surface area contributed by atoms with E-state index in [0.717, 1.165) is 6.21 Å². The molecule has 1 aromatic heterocycles. The molecule has 0 aliphatic heterocycles. The van der Waals surface area contributed by atoms with E-state index in [2.05, 4.69) is 15.3 Å². The van der Waals surface area contributed by atoms with E-state index in [0.29, 0.717) is 13.2 Å². The van der Waals surface area contributed by atoms with Crippen molar-refractivity contribution in [3.63, 3.8) is 0 Å². The summed E-state index contributed by atoms with van der Waals surface area (Å²) in [4.78, 5) is 17.6. The van der Waals surface area contributed by atoms with E-state index >= 15 is 0 Å². The van der Waals surface area contributed by atoms with Gasteiger partial charge in [0.1, 0.15) is 11.4 Å². The van der Waals surface area contributed by atoms with Crippen molar-refractivity contribution in [2.24, 2.45) is 0 Å². The molecule has 0 radical (unpaired) electrons. The van der Waals surface area contributed by atoms with Gasteiger partial charge >= 0.3 is 0 Å². The lowest BCUT2D eigenvalue weighted by atomic mass is 10.3. The van der Waals surface area contributed by atoms with E-state index in [4.69, 9.17) is 26.9 Å². The number of aliphatic hydroxyl groups excluding tert-OH is 1. The van der Waals surface area contributed by atoms with Gasteiger partial charge in [0, 0.05) is 12.8 Å². The highest BCUT2D eigenvalue weighted by molar-refractivity contribution is 6.28. The average molecular weight is 261 g/mol. The van der Waals surface area contributed by atoms with Crippen LogP contribution in [-0.4, -0.2) is 47.7 Å². The number of aromatic nitrogens is 2. The molecular formula is C9H13ClN4O3. The van der Waals surface area contributed by atoms with Gasteiger partial charge in [0.25, 0.3) is 5.56 Å². The van der Waals surface area contributed by atoms with Gasteiger partial charge in [-0.25, -0.2) is 4.98 Å². The minimum absolute atomic E-state index is 0.0468. The maximum atomic E-state index is 11.5. The number of hydrogen-bond acceptors (Lipinski definition) is 6. The topological polar surface area (TPSA) is 111 Å². The highest BCUT2D eigenvalue weighted by Gasteiger charge is 2.07. The van der Waals surface area contributed by atoms with Gasteiger partial charge in [0.15, 0.2) is 0 Å². The molecule has 4 N–H and O–H groups in total. The zero-order valence-corrected chi connectivity index (χ0v) is 9.75.